The number of nitrogens with one attached hydrogen (secondary N) is 1. The molecule has 0 atom stereocenters. The number of hydrogen-bond donors (Lipinski definition) is 1. The molecule has 0 unspecified atom stereocenters. The van der Waals surface area contributed by atoms with Crippen molar-refractivity contribution < 1.29 is 9.47 Å². The average molecular weight is 524 g/mol. The molecule has 1 N–H and O–H groups in total. The lowest BCUT2D eigenvalue weighted by Gasteiger charge is -2.32. The van der Waals surface area contributed by atoms with E-state index in [1.54, 1.807) is 7.11 Å². The molecule has 3 aromatic rings. The highest BCUT2D eigenvalue weighted by atomic mass is 35.5. The molecule has 34 heavy (non-hydrogen) atoms. The Balaban J connectivity index is 0.00000204. The Morgan fingerprint density at radius 2 is 1.59 bits per heavy atom. The Morgan fingerprint density at radius 1 is 0.882 bits per heavy atom. The lowest BCUT2D eigenvalue weighted by atomic mass is 10.0. The van der Waals surface area contributed by atoms with E-state index in [0.717, 1.165) is 43.2 Å². The predicted molar refractivity (Wildman–Crippen MR) is 145 cm³/mol. The largest absolute Gasteiger partial charge is 0.493 e. The lowest BCUT2D eigenvalue weighted by molar-refractivity contribution is 0.190. The minimum Gasteiger partial charge on any atom is -0.493 e. The second-order valence-electron chi connectivity index (χ2n) is 8.28. The van der Waals surface area contributed by atoms with E-state index in [1.165, 1.54) is 24.0 Å². The topological polar surface area (TPSA) is 33.7 Å². The van der Waals surface area contributed by atoms with Crippen LogP contribution in [0.2, 0.25) is 5.02 Å². The lowest BCUT2D eigenvalue weighted by Crippen LogP contribution is -2.41. The molecule has 0 aliphatic carbocycles. The SMILES string of the molecule is COc1cc(CNC2CCN(Cc3ccccc3)CC2)ccc1OCc1ccccc1Cl.Cl.Cl. The van der Waals surface area contributed by atoms with Crippen molar-refractivity contribution in [2.24, 2.45) is 0 Å². The van der Waals surface area contributed by atoms with Crippen LogP contribution in [0.3, 0.4) is 0 Å². The predicted octanol–water partition coefficient (Wildman–Crippen LogP) is 6.53. The Bertz CT molecular complexity index is 996. The van der Waals surface area contributed by atoms with Crippen molar-refractivity contribution in [2.75, 3.05) is 20.2 Å². The third kappa shape index (κ3) is 8.07. The number of methoxy groups -OCH3 is 1. The van der Waals surface area contributed by atoms with Crippen LogP contribution in [-0.2, 0) is 19.7 Å². The third-order valence-corrected chi connectivity index (χ3v) is 6.37. The quantitative estimate of drug-likeness (QED) is 0.346. The van der Waals surface area contributed by atoms with Crippen LogP contribution in [-0.4, -0.2) is 31.1 Å². The van der Waals surface area contributed by atoms with E-state index in [0.29, 0.717) is 17.7 Å². The van der Waals surface area contributed by atoms with Gasteiger partial charge in [0, 0.05) is 29.7 Å². The maximum Gasteiger partial charge on any atom is 0.161 e. The summed E-state index contributed by atoms with van der Waals surface area (Å²) in [4.78, 5) is 2.54. The summed E-state index contributed by atoms with van der Waals surface area (Å²) in [5.74, 6) is 1.47. The molecule has 184 valence electrons. The molecular weight excluding hydrogens is 491 g/mol. The number of benzene rings is 3. The van der Waals surface area contributed by atoms with Crippen LogP contribution >= 0.6 is 36.4 Å². The summed E-state index contributed by atoms with van der Waals surface area (Å²) < 4.78 is 11.5. The van der Waals surface area contributed by atoms with Gasteiger partial charge in [-0.1, -0.05) is 66.2 Å². The number of ether oxygens (including phenoxy) is 2. The van der Waals surface area contributed by atoms with Gasteiger partial charge in [0.2, 0.25) is 0 Å². The van der Waals surface area contributed by atoms with Gasteiger partial charge in [-0.25, -0.2) is 0 Å². The fourth-order valence-corrected chi connectivity index (χ4v) is 4.30. The molecule has 0 amide bonds. The Morgan fingerprint density at radius 3 is 2.29 bits per heavy atom. The molecule has 4 rings (SSSR count). The van der Waals surface area contributed by atoms with E-state index in [9.17, 15) is 0 Å². The van der Waals surface area contributed by atoms with Gasteiger partial charge >= 0.3 is 0 Å². The molecule has 7 heteroatoms. The van der Waals surface area contributed by atoms with Crippen molar-refractivity contribution in [2.45, 2.75) is 38.6 Å². The summed E-state index contributed by atoms with van der Waals surface area (Å²) in [6.07, 6.45) is 2.34. The zero-order chi connectivity index (χ0) is 22.2. The van der Waals surface area contributed by atoms with E-state index in [-0.39, 0.29) is 24.8 Å². The first-order valence-electron chi connectivity index (χ1n) is 11.2. The molecule has 0 aromatic heterocycles. The highest BCUT2D eigenvalue weighted by Gasteiger charge is 2.19. The van der Waals surface area contributed by atoms with Crippen LogP contribution in [0.15, 0.2) is 72.8 Å². The first kappa shape index (κ1) is 28.3. The van der Waals surface area contributed by atoms with Crippen molar-refractivity contribution >= 4 is 36.4 Å². The second-order valence-corrected chi connectivity index (χ2v) is 8.69. The van der Waals surface area contributed by atoms with Crippen molar-refractivity contribution in [3.05, 3.63) is 94.5 Å². The highest BCUT2D eigenvalue weighted by molar-refractivity contribution is 6.31. The van der Waals surface area contributed by atoms with Crippen LogP contribution < -0.4 is 14.8 Å². The van der Waals surface area contributed by atoms with Crippen molar-refractivity contribution in [3.63, 3.8) is 0 Å². The Labute approximate surface area is 220 Å². The van der Waals surface area contributed by atoms with Gasteiger partial charge < -0.3 is 14.8 Å². The molecule has 0 spiro atoms. The molecule has 1 fully saturated rings. The summed E-state index contributed by atoms with van der Waals surface area (Å²) in [6, 6.07) is 25.1. The van der Waals surface area contributed by atoms with Crippen LogP contribution in [0.4, 0.5) is 0 Å². The normalized spacial score (nSPS) is 14.1. The maximum atomic E-state index is 6.23. The molecule has 0 bridgehead atoms. The van der Waals surface area contributed by atoms with E-state index in [1.807, 2.05) is 30.3 Å². The molecule has 1 saturated heterocycles. The zero-order valence-electron chi connectivity index (χ0n) is 19.4. The van der Waals surface area contributed by atoms with Gasteiger partial charge in [-0.05, 0) is 55.3 Å². The molecule has 0 saturated carbocycles. The van der Waals surface area contributed by atoms with Crippen LogP contribution in [0.5, 0.6) is 11.5 Å². The van der Waals surface area contributed by atoms with E-state index in [2.05, 4.69) is 52.7 Å². The Kier molecular flexibility index (Phi) is 12.0. The van der Waals surface area contributed by atoms with Gasteiger partial charge in [0.1, 0.15) is 6.61 Å². The molecule has 1 aliphatic rings. The standard InChI is InChI=1S/C27H31ClN2O2.2ClH/c1-31-27-17-22(11-12-26(27)32-20-23-9-5-6-10-25(23)28)18-29-24-13-15-30(16-14-24)19-21-7-3-2-4-8-21;;/h2-12,17,24,29H,13-16,18-20H2,1H3;2*1H. The average Bonchev–Trinajstić information content (AvgIpc) is 2.84. The molecule has 1 heterocycles. The number of hydrogen-bond acceptors (Lipinski definition) is 4. The monoisotopic (exact) mass is 522 g/mol. The number of rotatable bonds is 9. The molecular formula is C27H33Cl3N2O2. The first-order chi connectivity index (χ1) is 15.7. The van der Waals surface area contributed by atoms with Crippen molar-refractivity contribution in [3.8, 4) is 11.5 Å². The van der Waals surface area contributed by atoms with E-state index >= 15 is 0 Å². The number of halogens is 3. The summed E-state index contributed by atoms with van der Waals surface area (Å²) >= 11 is 6.23. The van der Waals surface area contributed by atoms with E-state index in [4.69, 9.17) is 21.1 Å². The van der Waals surface area contributed by atoms with Gasteiger partial charge in [-0.2, -0.15) is 0 Å². The number of nitrogens with zero attached hydrogens (tertiary/aromatic N) is 1. The highest BCUT2D eigenvalue weighted by Crippen LogP contribution is 2.30. The van der Waals surface area contributed by atoms with E-state index < -0.39 is 0 Å². The van der Waals surface area contributed by atoms with Crippen LogP contribution in [0, 0.1) is 0 Å². The third-order valence-electron chi connectivity index (χ3n) is 6.00. The molecule has 3 aromatic carbocycles. The van der Waals surface area contributed by atoms with Gasteiger partial charge in [0.15, 0.2) is 11.5 Å². The fraction of sp³-hybridized carbons (Fsp3) is 0.333. The zero-order valence-corrected chi connectivity index (χ0v) is 21.8. The van der Waals surface area contributed by atoms with Gasteiger partial charge in [-0.3, -0.25) is 4.90 Å². The molecule has 4 nitrogen and oxygen atoms in total. The summed E-state index contributed by atoms with van der Waals surface area (Å²) in [7, 11) is 1.68. The number of likely N-dealkylation sites (tertiary alicyclic amines) is 1. The van der Waals surface area contributed by atoms with Gasteiger partial charge in [-0.15, -0.1) is 24.8 Å². The van der Waals surface area contributed by atoms with Crippen molar-refractivity contribution in [1.82, 2.24) is 10.2 Å². The second kappa shape index (κ2) is 14.4. The smallest absolute Gasteiger partial charge is 0.161 e. The number of piperidine rings is 1. The van der Waals surface area contributed by atoms with Crippen LogP contribution in [0.25, 0.3) is 0 Å². The Hall–Kier alpha value is -1.95. The van der Waals surface area contributed by atoms with Gasteiger partial charge in [0.25, 0.3) is 0 Å². The minimum atomic E-state index is 0. The first-order valence-corrected chi connectivity index (χ1v) is 11.6. The minimum absolute atomic E-state index is 0. The van der Waals surface area contributed by atoms with Crippen LogP contribution in [0.1, 0.15) is 29.5 Å². The molecule has 1 aliphatic heterocycles. The van der Waals surface area contributed by atoms with Gasteiger partial charge in [0.05, 0.1) is 7.11 Å². The fourth-order valence-electron chi connectivity index (χ4n) is 4.11. The molecule has 0 radical (unpaired) electrons. The maximum absolute atomic E-state index is 6.23. The summed E-state index contributed by atoms with van der Waals surface area (Å²) in [6.45, 7) is 4.54. The summed E-state index contributed by atoms with van der Waals surface area (Å²) in [5.41, 5.74) is 3.54. The van der Waals surface area contributed by atoms with Crippen molar-refractivity contribution in [1.29, 1.82) is 0 Å². The summed E-state index contributed by atoms with van der Waals surface area (Å²) in [5, 5.41) is 4.43.